The molecule has 3 heteroatoms. The highest BCUT2D eigenvalue weighted by Crippen LogP contribution is 2.28. The summed E-state index contributed by atoms with van der Waals surface area (Å²) in [6.07, 6.45) is 3.76. The highest BCUT2D eigenvalue weighted by atomic mass is 35.5. The standard InChI is InChI=1S/C11H13Cl2N/c12-9-5-4-8(7-10(9)13)11-3-1-2-6-14-11/h4-5,7,11,14H,1-3,6H2. The van der Waals surface area contributed by atoms with Crippen molar-refractivity contribution in [2.45, 2.75) is 25.3 Å². The Morgan fingerprint density at radius 3 is 2.64 bits per heavy atom. The van der Waals surface area contributed by atoms with Crippen LogP contribution in [-0.4, -0.2) is 6.54 Å². The van der Waals surface area contributed by atoms with E-state index < -0.39 is 0 Å². The minimum atomic E-state index is 0.457. The fraction of sp³-hybridized carbons (Fsp3) is 0.455. The Morgan fingerprint density at radius 2 is 2.00 bits per heavy atom. The van der Waals surface area contributed by atoms with E-state index in [0.717, 1.165) is 6.54 Å². The lowest BCUT2D eigenvalue weighted by atomic mass is 9.98. The molecule has 1 fully saturated rings. The molecule has 0 aliphatic carbocycles. The second kappa shape index (κ2) is 4.52. The van der Waals surface area contributed by atoms with Crippen molar-refractivity contribution in [3.63, 3.8) is 0 Å². The van der Waals surface area contributed by atoms with Crippen molar-refractivity contribution in [2.75, 3.05) is 6.54 Å². The smallest absolute Gasteiger partial charge is 0.0595 e. The summed E-state index contributed by atoms with van der Waals surface area (Å²) in [5, 5.41) is 4.76. The summed E-state index contributed by atoms with van der Waals surface area (Å²) < 4.78 is 0. The van der Waals surface area contributed by atoms with Crippen LogP contribution in [0.15, 0.2) is 18.2 Å². The van der Waals surface area contributed by atoms with Crippen molar-refractivity contribution in [1.82, 2.24) is 5.32 Å². The largest absolute Gasteiger partial charge is 0.310 e. The molecule has 1 heterocycles. The summed E-state index contributed by atoms with van der Waals surface area (Å²) in [5.74, 6) is 0. The summed E-state index contributed by atoms with van der Waals surface area (Å²) >= 11 is 11.8. The van der Waals surface area contributed by atoms with Gasteiger partial charge in [-0.3, -0.25) is 0 Å². The molecule has 0 radical (unpaired) electrons. The number of hydrogen-bond acceptors (Lipinski definition) is 1. The molecule has 1 aliphatic heterocycles. The van der Waals surface area contributed by atoms with Gasteiger partial charge in [0.2, 0.25) is 0 Å². The molecule has 1 atom stereocenters. The van der Waals surface area contributed by atoms with Crippen molar-refractivity contribution >= 4 is 23.2 Å². The van der Waals surface area contributed by atoms with Crippen molar-refractivity contribution in [2.24, 2.45) is 0 Å². The molecule has 1 nitrogen and oxygen atoms in total. The molecule has 1 saturated heterocycles. The zero-order valence-electron chi connectivity index (χ0n) is 7.89. The Kier molecular flexibility index (Phi) is 3.32. The molecular weight excluding hydrogens is 217 g/mol. The van der Waals surface area contributed by atoms with Gasteiger partial charge in [0.25, 0.3) is 0 Å². The number of rotatable bonds is 1. The lowest BCUT2D eigenvalue weighted by molar-refractivity contribution is 0.412. The first-order valence-corrected chi connectivity index (χ1v) is 5.71. The summed E-state index contributed by atoms with van der Waals surface area (Å²) in [5.41, 5.74) is 1.25. The van der Waals surface area contributed by atoms with Crippen LogP contribution in [0, 0.1) is 0 Å². The third-order valence-corrected chi connectivity index (χ3v) is 3.40. The van der Waals surface area contributed by atoms with Crippen molar-refractivity contribution < 1.29 is 0 Å². The Morgan fingerprint density at radius 1 is 1.14 bits per heavy atom. The molecule has 0 amide bonds. The summed E-state index contributed by atoms with van der Waals surface area (Å²) in [4.78, 5) is 0. The Bertz CT molecular complexity index is 319. The van der Waals surface area contributed by atoms with E-state index in [1.54, 1.807) is 0 Å². The first kappa shape index (κ1) is 10.3. The maximum absolute atomic E-state index is 5.97. The number of nitrogens with one attached hydrogen (secondary N) is 1. The zero-order chi connectivity index (χ0) is 9.97. The topological polar surface area (TPSA) is 12.0 Å². The average Bonchev–Trinajstić information content (AvgIpc) is 2.23. The normalized spacial score (nSPS) is 22.3. The first-order valence-electron chi connectivity index (χ1n) is 4.96. The van der Waals surface area contributed by atoms with Crippen molar-refractivity contribution in [3.8, 4) is 0 Å². The quantitative estimate of drug-likeness (QED) is 0.773. The first-order chi connectivity index (χ1) is 6.77. The third kappa shape index (κ3) is 2.22. The van der Waals surface area contributed by atoms with Crippen LogP contribution in [-0.2, 0) is 0 Å². The zero-order valence-corrected chi connectivity index (χ0v) is 9.41. The molecule has 0 bridgehead atoms. The maximum atomic E-state index is 5.97. The Labute approximate surface area is 94.4 Å². The summed E-state index contributed by atoms with van der Waals surface area (Å²) in [6, 6.07) is 6.35. The van der Waals surface area contributed by atoms with Gasteiger partial charge in [-0.25, -0.2) is 0 Å². The number of piperidine rings is 1. The Hall–Kier alpha value is -0.240. The van der Waals surface area contributed by atoms with Crippen LogP contribution in [0.5, 0.6) is 0 Å². The minimum Gasteiger partial charge on any atom is -0.310 e. The third-order valence-electron chi connectivity index (χ3n) is 2.66. The van der Waals surface area contributed by atoms with Crippen molar-refractivity contribution in [1.29, 1.82) is 0 Å². The predicted molar refractivity (Wildman–Crippen MR) is 61.1 cm³/mol. The molecule has 1 N–H and O–H groups in total. The van der Waals surface area contributed by atoms with Crippen LogP contribution >= 0.6 is 23.2 Å². The average molecular weight is 230 g/mol. The fourth-order valence-corrected chi connectivity index (χ4v) is 2.17. The van der Waals surface area contributed by atoms with Gasteiger partial charge < -0.3 is 5.32 Å². The van der Waals surface area contributed by atoms with E-state index in [-0.39, 0.29) is 0 Å². The van der Waals surface area contributed by atoms with E-state index in [9.17, 15) is 0 Å². The van der Waals surface area contributed by atoms with Gasteiger partial charge in [-0.15, -0.1) is 0 Å². The van der Waals surface area contributed by atoms with E-state index in [0.29, 0.717) is 16.1 Å². The molecule has 2 rings (SSSR count). The Balaban J connectivity index is 2.18. The minimum absolute atomic E-state index is 0.457. The van der Waals surface area contributed by atoms with E-state index >= 15 is 0 Å². The van der Waals surface area contributed by atoms with Gasteiger partial charge in [0.1, 0.15) is 0 Å². The molecule has 1 aromatic carbocycles. The molecule has 0 spiro atoms. The molecule has 1 unspecified atom stereocenters. The van der Waals surface area contributed by atoms with Crippen molar-refractivity contribution in [3.05, 3.63) is 33.8 Å². The fourth-order valence-electron chi connectivity index (χ4n) is 1.87. The van der Waals surface area contributed by atoms with Crippen LogP contribution in [0.4, 0.5) is 0 Å². The number of benzene rings is 1. The van der Waals surface area contributed by atoms with Gasteiger partial charge in [-0.2, -0.15) is 0 Å². The summed E-state index contributed by atoms with van der Waals surface area (Å²) in [6.45, 7) is 1.10. The van der Waals surface area contributed by atoms with Crippen LogP contribution in [0.1, 0.15) is 30.9 Å². The van der Waals surface area contributed by atoms with Gasteiger partial charge in [-0.1, -0.05) is 35.7 Å². The van der Waals surface area contributed by atoms with Gasteiger partial charge in [0.05, 0.1) is 10.0 Å². The molecule has 0 saturated carbocycles. The second-order valence-corrected chi connectivity index (χ2v) is 4.49. The van der Waals surface area contributed by atoms with Crippen LogP contribution in [0.25, 0.3) is 0 Å². The van der Waals surface area contributed by atoms with E-state index in [2.05, 4.69) is 11.4 Å². The molecule has 1 aromatic rings. The summed E-state index contributed by atoms with van der Waals surface area (Å²) in [7, 11) is 0. The maximum Gasteiger partial charge on any atom is 0.0595 e. The highest BCUT2D eigenvalue weighted by Gasteiger charge is 2.15. The lowest BCUT2D eigenvalue weighted by Gasteiger charge is -2.24. The van der Waals surface area contributed by atoms with Gasteiger partial charge in [-0.05, 0) is 37.1 Å². The monoisotopic (exact) mass is 229 g/mol. The highest BCUT2D eigenvalue weighted by molar-refractivity contribution is 6.42. The lowest BCUT2D eigenvalue weighted by Crippen LogP contribution is -2.26. The van der Waals surface area contributed by atoms with Crippen LogP contribution in [0.2, 0.25) is 10.0 Å². The van der Waals surface area contributed by atoms with Crippen LogP contribution in [0.3, 0.4) is 0 Å². The van der Waals surface area contributed by atoms with E-state index in [1.165, 1.54) is 24.8 Å². The molecular formula is C11H13Cl2N. The molecule has 0 aromatic heterocycles. The SMILES string of the molecule is Clc1ccc(C2CCCCN2)cc1Cl. The van der Waals surface area contributed by atoms with E-state index in [1.807, 2.05) is 12.1 Å². The van der Waals surface area contributed by atoms with Crippen LogP contribution < -0.4 is 5.32 Å². The second-order valence-electron chi connectivity index (χ2n) is 3.68. The molecule has 1 aliphatic rings. The number of hydrogen-bond donors (Lipinski definition) is 1. The van der Waals surface area contributed by atoms with Gasteiger partial charge >= 0.3 is 0 Å². The van der Waals surface area contributed by atoms with E-state index in [4.69, 9.17) is 23.2 Å². The van der Waals surface area contributed by atoms with Gasteiger partial charge in [0, 0.05) is 6.04 Å². The number of halogens is 2. The van der Waals surface area contributed by atoms with Gasteiger partial charge in [0.15, 0.2) is 0 Å². The molecule has 14 heavy (non-hydrogen) atoms. The predicted octanol–water partition coefficient (Wildman–Crippen LogP) is 3.81. The molecule has 76 valence electrons.